The molecule has 1 aliphatic carbocycles. The van der Waals surface area contributed by atoms with Gasteiger partial charge in [0.15, 0.2) is 0 Å². The summed E-state index contributed by atoms with van der Waals surface area (Å²) in [7, 11) is 0. The average Bonchev–Trinajstić information content (AvgIpc) is 3.54. The summed E-state index contributed by atoms with van der Waals surface area (Å²) in [6.07, 6.45) is 14.1. The van der Waals surface area contributed by atoms with Crippen LogP contribution in [0.25, 0.3) is 0 Å². The van der Waals surface area contributed by atoms with Gasteiger partial charge in [-0.3, -0.25) is 4.79 Å². The Kier molecular flexibility index (Phi) is 16.8. The van der Waals surface area contributed by atoms with E-state index in [0.717, 1.165) is 31.4 Å². The molecular formula is C33H50Cl2N2O. The molecule has 5 heteroatoms. The zero-order chi connectivity index (χ0) is 27.6. The van der Waals surface area contributed by atoms with E-state index in [1.165, 1.54) is 70.0 Å². The molecule has 2 unspecified atom stereocenters. The topological polar surface area (TPSA) is 32.3 Å². The fourth-order valence-electron chi connectivity index (χ4n) is 5.38. The summed E-state index contributed by atoms with van der Waals surface area (Å²) in [5.41, 5.74) is 2.36. The lowest BCUT2D eigenvalue weighted by Gasteiger charge is -2.40. The summed E-state index contributed by atoms with van der Waals surface area (Å²) in [6, 6.07) is 16.4. The van der Waals surface area contributed by atoms with Crippen LogP contribution in [0.3, 0.4) is 0 Å². The van der Waals surface area contributed by atoms with Crippen molar-refractivity contribution in [2.75, 3.05) is 19.6 Å². The van der Waals surface area contributed by atoms with Gasteiger partial charge in [-0.1, -0.05) is 106 Å². The molecule has 3 nitrogen and oxygen atoms in total. The predicted molar refractivity (Wildman–Crippen MR) is 165 cm³/mol. The van der Waals surface area contributed by atoms with Crippen molar-refractivity contribution in [3.63, 3.8) is 0 Å². The number of nitrogens with one attached hydrogen (secondary N) is 1. The first-order valence-corrected chi connectivity index (χ1v) is 15.7. The van der Waals surface area contributed by atoms with E-state index in [2.05, 4.69) is 55.3 Å². The zero-order valence-corrected chi connectivity index (χ0v) is 25.5. The fraction of sp³-hybridized carbons (Fsp3) is 0.606. The Morgan fingerprint density at radius 2 is 1.58 bits per heavy atom. The van der Waals surface area contributed by atoms with Gasteiger partial charge in [-0.15, -0.1) is 0 Å². The molecule has 1 N–H and O–H groups in total. The summed E-state index contributed by atoms with van der Waals surface area (Å²) >= 11 is 12.1. The third-order valence-corrected chi connectivity index (χ3v) is 8.27. The maximum Gasteiger partial charge on any atom is 0.227 e. The fourth-order valence-corrected chi connectivity index (χ4v) is 5.70. The van der Waals surface area contributed by atoms with E-state index in [-0.39, 0.29) is 5.91 Å². The van der Waals surface area contributed by atoms with Crippen LogP contribution in [-0.4, -0.2) is 36.5 Å². The molecule has 1 amide bonds. The van der Waals surface area contributed by atoms with Crippen molar-refractivity contribution >= 4 is 29.1 Å². The van der Waals surface area contributed by atoms with Gasteiger partial charge in [0, 0.05) is 12.6 Å². The van der Waals surface area contributed by atoms with Gasteiger partial charge in [0.1, 0.15) is 0 Å². The van der Waals surface area contributed by atoms with Crippen LogP contribution < -0.4 is 5.32 Å². The molecule has 1 saturated heterocycles. The van der Waals surface area contributed by atoms with E-state index in [0.29, 0.717) is 28.4 Å². The molecule has 2 atom stereocenters. The summed E-state index contributed by atoms with van der Waals surface area (Å²) in [4.78, 5) is 15.2. The number of halogens is 2. The third-order valence-electron chi connectivity index (χ3n) is 7.53. The number of unbranched alkanes of at least 4 members (excludes halogenated alkanes) is 1. The van der Waals surface area contributed by atoms with Crippen LogP contribution in [-0.2, 0) is 17.6 Å². The largest absolute Gasteiger partial charge is 0.339 e. The summed E-state index contributed by atoms with van der Waals surface area (Å²) in [5.74, 6) is 0.895. The average molecular weight is 562 g/mol. The van der Waals surface area contributed by atoms with Crippen LogP contribution in [0.5, 0.6) is 0 Å². The van der Waals surface area contributed by atoms with E-state index in [1.807, 2.05) is 18.2 Å². The Balaban J connectivity index is 0.000000314. The molecule has 2 aliphatic rings. The molecular weight excluding hydrogens is 511 g/mol. The summed E-state index contributed by atoms with van der Waals surface area (Å²) in [6.45, 7) is 9.92. The Morgan fingerprint density at radius 3 is 2.13 bits per heavy atom. The standard InChI is InChI=1S/C21H31Cl2NO.C8H10.C4H9N/c1-3-5-8-17-9-6-7-10-20(17)24(13-4-2)21(25)15-16-11-12-18(22)19(23)14-16;1-2-8-6-4-3-5-7-8;1-2-4-5-3-1/h11-12,14,17,20H,3-10,13,15H2,1-2H3;3-7H,2H2,1H3;5H,1-4H2. The minimum absolute atomic E-state index is 0.230. The van der Waals surface area contributed by atoms with E-state index >= 15 is 0 Å². The summed E-state index contributed by atoms with van der Waals surface area (Å²) < 4.78 is 0. The number of amides is 1. The van der Waals surface area contributed by atoms with E-state index in [4.69, 9.17) is 23.2 Å². The van der Waals surface area contributed by atoms with Crippen molar-refractivity contribution in [3.8, 4) is 0 Å². The normalized spacial score (nSPS) is 18.6. The highest BCUT2D eigenvalue weighted by atomic mass is 35.5. The third kappa shape index (κ3) is 12.1. The van der Waals surface area contributed by atoms with Gasteiger partial charge in [-0.2, -0.15) is 0 Å². The van der Waals surface area contributed by atoms with Crippen LogP contribution in [0.15, 0.2) is 48.5 Å². The maximum atomic E-state index is 13.1. The minimum Gasteiger partial charge on any atom is -0.339 e. The molecule has 1 aliphatic heterocycles. The van der Waals surface area contributed by atoms with Crippen LogP contribution in [0.2, 0.25) is 10.0 Å². The van der Waals surface area contributed by atoms with E-state index in [1.54, 1.807) is 6.07 Å². The quantitative estimate of drug-likeness (QED) is 0.331. The molecule has 2 fully saturated rings. The highest BCUT2D eigenvalue weighted by Gasteiger charge is 2.32. The molecule has 0 radical (unpaired) electrons. The van der Waals surface area contributed by atoms with Crippen molar-refractivity contribution in [3.05, 3.63) is 69.7 Å². The zero-order valence-electron chi connectivity index (χ0n) is 24.0. The Hall–Kier alpha value is -1.55. The molecule has 0 spiro atoms. The Bertz CT molecular complexity index is 894. The first-order valence-electron chi connectivity index (χ1n) is 15.0. The lowest BCUT2D eigenvalue weighted by molar-refractivity contribution is -0.135. The number of nitrogens with zero attached hydrogens (tertiary/aromatic N) is 1. The van der Waals surface area contributed by atoms with Gasteiger partial charge in [-0.25, -0.2) is 0 Å². The molecule has 4 rings (SSSR count). The number of hydrogen-bond donors (Lipinski definition) is 1. The highest BCUT2D eigenvalue weighted by molar-refractivity contribution is 6.42. The number of rotatable bonds is 9. The number of aryl methyl sites for hydroxylation is 1. The molecule has 0 bridgehead atoms. The molecule has 212 valence electrons. The van der Waals surface area contributed by atoms with Crippen molar-refractivity contribution in [2.45, 2.75) is 104 Å². The van der Waals surface area contributed by atoms with Gasteiger partial charge in [0.05, 0.1) is 16.5 Å². The summed E-state index contributed by atoms with van der Waals surface area (Å²) in [5, 5.41) is 4.28. The van der Waals surface area contributed by atoms with Gasteiger partial charge in [0.25, 0.3) is 0 Å². The Labute approximate surface area is 242 Å². The first kappa shape index (κ1) is 32.7. The molecule has 2 aromatic carbocycles. The first-order chi connectivity index (χ1) is 18.5. The van der Waals surface area contributed by atoms with E-state index < -0.39 is 0 Å². The van der Waals surface area contributed by atoms with Gasteiger partial charge in [0.2, 0.25) is 5.91 Å². The van der Waals surface area contributed by atoms with Crippen molar-refractivity contribution in [2.24, 2.45) is 5.92 Å². The maximum absolute atomic E-state index is 13.1. The smallest absolute Gasteiger partial charge is 0.227 e. The molecule has 38 heavy (non-hydrogen) atoms. The number of hydrogen-bond acceptors (Lipinski definition) is 2. The SMILES string of the molecule is C1CCNC1.CCCCC1CCCCC1N(CCC)C(=O)Cc1ccc(Cl)c(Cl)c1.CCc1ccccc1. The Morgan fingerprint density at radius 1 is 0.868 bits per heavy atom. The molecule has 1 heterocycles. The molecule has 0 aromatic heterocycles. The monoisotopic (exact) mass is 560 g/mol. The van der Waals surface area contributed by atoms with Crippen LogP contribution in [0.1, 0.15) is 96.1 Å². The minimum atomic E-state index is 0.230. The number of carbonyl (C=O) groups excluding carboxylic acids is 1. The predicted octanol–water partition coefficient (Wildman–Crippen LogP) is 9.14. The van der Waals surface area contributed by atoms with Crippen LogP contribution in [0.4, 0.5) is 0 Å². The van der Waals surface area contributed by atoms with E-state index in [9.17, 15) is 4.79 Å². The second-order valence-corrected chi connectivity index (χ2v) is 11.4. The highest BCUT2D eigenvalue weighted by Crippen LogP contribution is 2.33. The van der Waals surface area contributed by atoms with Crippen molar-refractivity contribution < 1.29 is 4.79 Å². The second kappa shape index (κ2) is 19.5. The van der Waals surface area contributed by atoms with Gasteiger partial charge < -0.3 is 10.2 Å². The molecule has 1 saturated carbocycles. The second-order valence-electron chi connectivity index (χ2n) is 10.6. The number of carbonyl (C=O) groups is 1. The number of benzene rings is 2. The molecule has 2 aromatic rings. The lowest BCUT2D eigenvalue weighted by Crippen LogP contribution is -2.47. The van der Waals surface area contributed by atoms with Crippen LogP contribution in [0, 0.1) is 5.92 Å². The van der Waals surface area contributed by atoms with Crippen molar-refractivity contribution in [1.29, 1.82) is 0 Å². The van der Waals surface area contributed by atoms with Gasteiger partial charge >= 0.3 is 0 Å². The van der Waals surface area contributed by atoms with Gasteiger partial charge in [-0.05, 0) is 87.2 Å². The van der Waals surface area contributed by atoms with Crippen LogP contribution >= 0.6 is 23.2 Å². The lowest BCUT2D eigenvalue weighted by atomic mass is 9.80. The van der Waals surface area contributed by atoms with Crippen molar-refractivity contribution in [1.82, 2.24) is 10.2 Å².